The summed E-state index contributed by atoms with van der Waals surface area (Å²) in [6, 6.07) is 30.5. The van der Waals surface area contributed by atoms with Gasteiger partial charge in [-0.15, -0.1) is 0 Å². The molecule has 134 valence electrons. The van der Waals surface area contributed by atoms with Crippen molar-refractivity contribution in [1.29, 1.82) is 0 Å². The van der Waals surface area contributed by atoms with Crippen LogP contribution in [0.2, 0.25) is 0 Å². The molecular weight excluding hydrogens is 340 g/mol. The Balaban J connectivity index is 1.50. The number of para-hydroxylation sites is 2. The fourth-order valence-electron chi connectivity index (χ4n) is 4.56. The van der Waals surface area contributed by atoms with Crippen molar-refractivity contribution in [2.75, 3.05) is 10.6 Å². The monoisotopic (exact) mass is 360 g/mol. The maximum absolute atomic E-state index is 3.63. The van der Waals surface area contributed by atoms with E-state index in [9.17, 15) is 0 Å². The Labute approximate surface area is 164 Å². The van der Waals surface area contributed by atoms with Crippen molar-refractivity contribution in [3.05, 3.63) is 107 Å². The minimum Gasteiger partial charge on any atom is -0.355 e. The van der Waals surface area contributed by atoms with Crippen molar-refractivity contribution in [2.24, 2.45) is 0 Å². The molecule has 0 amide bonds. The van der Waals surface area contributed by atoms with Crippen LogP contribution in [0.25, 0.3) is 11.1 Å². The third-order valence-electron chi connectivity index (χ3n) is 5.95. The first-order chi connectivity index (χ1) is 13.9. The minimum absolute atomic E-state index is 0.961. The van der Waals surface area contributed by atoms with E-state index in [1.807, 2.05) is 0 Å². The lowest BCUT2D eigenvalue weighted by Gasteiger charge is -2.27. The molecule has 6 rings (SSSR count). The molecule has 0 aromatic heterocycles. The number of benzene rings is 4. The van der Waals surface area contributed by atoms with E-state index in [0.717, 1.165) is 12.8 Å². The first-order valence-electron chi connectivity index (χ1n) is 9.81. The molecule has 2 nitrogen and oxygen atoms in total. The Morgan fingerprint density at radius 3 is 1.36 bits per heavy atom. The highest BCUT2D eigenvalue weighted by Gasteiger charge is 2.22. The van der Waals surface area contributed by atoms with Crippen LogP contribution in [0.1, 0.15) is 22.3 Å². The SMILES string of the molecule is c1ccc2c(c1)Cc1c(cccc1-c1cccc3c1Cc1ccccc1N3)N2. The molecule has 4 aromatic rings. The molecule has 0 fully saturated rings. The molecule has 2 aliphatic rings. The molecular formula is C26H20N2. The number of hydrogen-bond acceptors (Lipinski definition) is 2. The van der Waals surface area contributed by atoms with E-state index in [0.29, 0.717) is 0 Å². The van der Waals surface area contributed by atoms with E-state index in [1.54, 1.807) is 0 Å². The van der Waals surface area contributed by atoms with Gasteiger partial charge in [0, 0.05) is 35.6 Å². The summed E-state index contributed by atoms with van der Waals surface area (Å²) in [6.07, 6.45) is 1.92. The Kier molecular flexibility index (Phi) is 3.33. The number of hydrogen-bond donors (Lipinski definition) is 2. The molecule has 0 spiro atoms. The summed E-state index contributed by atoms with van der Waals surface area (Å²) in [6.45, 7) is 0. The van der Waals surface area contributed by atoms with Crippen molar-refractivity contribution in [3.63, 3.8) is 0 Å². The standard InChI is InChI=1S/C26H20N2/c1-3-11-23-17(7-1)15-21-19(9-5-13-25(21)27-23)20-10-6-14-26-22(20)16-18-8-2-4-12-24(18)28-26/h1-14,27-28H,15-16H2. The fraction of sp³-hybridized carbons (Fsp3) is 0.0769. The van der Waals surface area contributed by atoms with Gasteiger partial charge in [-0.3, -0.25) is 0 Å². The van der Waals surface area contributed by atoms with Gasteiger partial charge >= 0.3 is 0 Å². The summed E-state index contributed by atoms with van der Waals surface area (Å²) < 4.78 is 0. The maximum atomic E-state index is 3.63. The highest BCUT2D eigenvalue weighted by atomic mass is 14.9. The Morgan fingerprint density at radius 1 is 0.429 bits per heavy atom. The summed E-state index contributed by atoms with van der Waals surface area (Å²) in [5, 5.41) is 7.26. The number of nitrogens with one attached hydrogen (secondary N) is 2. The summed E-state index contributed by atoms with van der Waals surface area (Å²) >= 11 is 0. The van der Waals surface area contributed by atoms with Crippen LogP contribution in [0.15, 0.2) is 84.9 Å². The fourth-order valence-corrected chi connectivity index (χ4v) is 4.56. The highest BCUT2D eigenvalue weighted by Crippen LogP contribution is 2.43. The van der Waals surface area contributed by atoms with Gasteiger partial charge in [-0.1, -0.05) is 60.7 Å². The average molecular weight is 360 g/mol. The first kappa shape index (κ1) is 15.5. The summed E-state index contributed by atoms with van der Waals surface area (Å²) in [5.41, 5.74) is 13.0. The van der Waals surface area contributed by atoms with E-state index >= 15 is 0 Å². The van der Waals surface area contributed by atoms with Gasteiger partial charge in [0.2, 0.25) is 0 Å². The van der Waals surface area contributed by atoms with Gasteiger partial charge in [-0.2, -0.15) is 0 Å². The maximum Gasteiger partial charge on any atom is 0.0426 e. The molecule has 0 atom stereocenters. The van der Waals surface area contributed by atoms with Gasteiger partial charge < -0.3 is 10.6 Å². The summed E-state index contributed by atoms with van der Waals surface area (Å²) in [5.74, 6) is 0. The summed E-state index contributed by atoms with van der Waals surface area (Å²) in [7, 11) is 0. The summed E-state index contributed by atoms with van der Waals surface area (Å²) in [4.78, 5) is 0. The van der Waals surface area contributed by atoms with E-state index in [4.69, 9.17) is 0 Å². The molecule has 2 aliphatic heterocycles. The van der Waals surface area contributed by atoms with Crippen LogP contribution in [0.3, 0.4) is 0 Å². The quantitative estimate of drug-likeness (QED) is 0.343. The van der Waals surface area contributed by atoms with Crippen LogP contribution in [0.4, 0.5) is 22.7 Å². The minimum atomic E-state index is 0.961. The number of rotatable bonds is 1. The molecule has 0 saturated heterocycles. The van der Waals surface area contributed by atoms with Gasteiger partial charge in [-0.05, 0) is 57.6 Å². The zero-order valence-electron chi connectivity index (χ0n) is 15.5. The Hall–Kier alpha value is -3.52. The lowest BCUT2D eigenvalue weighted by atomic mass is 9.85. The van der Waals surface area contributed by atoms with Crippen molar-refractivity contribution in [3.8, 4) is 11.1 Å². The first-order valence-corrected chi connectivity index (χ1v) is 9.81. The van der Waals surface area contributed by atoms with Crippen molar-refractivity contribution in [2.45, 2.75) is 12.8 Å². The van der Waals surface area contributed by atoms with Crippen LogP contribution in [0, 0.1) is 0 Å². The Morgan fingerprint density at radius 2 is 0.857 bits per heavy atom. The van der Waals surface area contributed by atoms with Crippen molar-refractivity contribution in [1.82, 2.24) is 0 Å². The van der Waals surface area contributed by atoms with E-state index in [-0.39, 0.29) is 0 Å². The second-order valence-corrected chi connectivity index (χ2v) is 7.58. The second kappa shape index (κ2) is 6.00. The van der Waals surface area contributed by atoms with Crippen LogP contribution in [0.5, 0.6) is 0 Å². The topological polar surface area (TPSA) is 24.1 Å². The zero-order valence-corrected chi connectivity index (χ0v) is 15.5. The van der Waals surface area contributed by atoms with Crippen LogP contribution >= 0.6 is 0 Å². The normalized spacial score (nSPS) is 13.3. The van der Waals surface area contributed by atoms with Crippen molar-refractivity contribution >= 4 is 22.7 Å². The van der Waals surface area contributed by atoms with E-state index in [1.165, 1.54) is 56.1 Å². The zero-order chi connectivity index (χ0) is 18.5. The highest BCUT2D eigenvalue weighted by molar-refractivity contribution is 5.86. The predicted molar refractivity (Wildman–Crippen MR) is 117 cm³/mol. The molecule has 2 heterocycles. The lowest BCUT2D eigenvalue weighted by molar-refractivity contribution is 1.14. The van der Waals surface area contributed by atoms with Crippen LogP contribution in [-0.2, 0) is 12.8 Å². The average Bonchev–Trinajstić information content (AvgIpc) is 2.75. The second-order valence-electron chi connectivity index (χ2n) is 7.58. The number of anilines is 4. The smallest absolute Gasteiger partial charge is 0.0426 e. The molecule has 0 radical (unpaired) electrons. The molecule has 0 bridgehead atoms. The Bertz CT molecular complexity index is 1130. The molecule has 28 heavy (non-hydrogen) atoms. The van der Waals surface area contributed by atoms with E-state index < -0.39 is 0 Å². The van der Waals surface area contributed by atoms with Crippen molar-refractivity contribution < 1.29 is 0 Å². The molecule has 0 unspecified atom stereocenters. The third kappa shape index (κ3) is 2.35. The lowest BCUT2D eigenvalue weighted by Crippen LogP contribution is -2.10. The van der Waals surface area contributed by atoms with Crippen LogP contribution < -0.4 is 10.6 Å². The van der Waals surface area contributed by atoms with Crippen LogP contribution in [-0.4, -0.2) is 0 Å². The van der Waals surface area contributed by atoms with Gasteiger partial charge in [0.1, 0.15) is 0 Å². The largest absolute Gasteiger partial charge is 0.355 e. The number of fused-ring (bicyclic) bond motifs is 4. The molecule has 0 aliphatic carbocycles. The van der Waals surface area contributed by atoms with E-state index in [2.05, 4.69) is 95.6 Å². The molecule has 0 saturated carbocycles. The van der Waals surface area contributed by atoms with Gasteiger partial charge in [0.05, 0.1) is 0 Å². The molecule has 4 aromatic carbocycles. The molecule has 2 heteroatoms. The predicted octanol–water partition coefficient (Wildman–Crippen LogP) is 6.65. The molecule has 2 N–H and O–H groups in total. The third-order valence-corrected chi connectivity index (χ3v) is 5.95. The van der Waals surface area contributed by atoms with Gasteiger partial charge in [0.25, 0.3) is 0 Å². The van der Waals surface area contributed by atoms with Gasteiger partial charge in [-0.25, -0.2) is 0 Å². The van der Waals surface area contributed by atoms with Gasteiger partial charge in [0.15, 0.2) is 0 Å².